The quantitative estimate of drug-likeness (QED) is 0.895. The Balaban J connectivity index is 2.09. The molecule has 1 aliphatic rings. The van der Waals surface area contributed by atoms with Crippen molar-refractivity contribution >= 4 is 11.9 Å². The van der Waals surface area contributed by atoms with Gasteiger partial charge in [0.2, 0.25) is 0 Å². The number of carbonyl (C=O) groups is 2. The van der Waals surface area contributed by atoms with E-state index in [1.54, 1.807) is 11.8 Å². The number of piperidine rings is 1. The first-order valence-electron chi connectivity index (χ1n) is 6.51. The summed E-state index contributed by atoms with van der Waals surface area (Å²) in [7, 11) is 0. The van der Waals surface area contributed by atoms with Crippen LogP contribution in [0.15, 0.2) is 4.52 Å². The molecule has 0 unspecified atom stereocenters. The van der Waals surface area contributed by atoms with Gasteiger partial charge in [0.05, 0.1) is 11.6 Å². The Labute approximate surface area is 111 Å². The molecule has 19 heavy (non-hydrogen) atoms. The first-order chi connectivity index (χ1) is 9.04. The van der Waals surface area contributed by atoms with Gasteiger partial charge in [-0.1, -0.05) is 12.1 Å². The molecule has 0 saturated carbocycles. The molecule has 0 bridgehead atoms. The lowest BCUT2D eigenvalue weighted by Gasteiger charge is -2.30. The lowest BCUT2D eigenvalue weighted by Crippen LogP contribution is -2.40. The minimum Gasteiger partial charge on any atom is -0.481 e. The summed E-state index contributed by atoms with van der Waals surface area (Å²) >= 11 is 0. The molecule has 2 rings (SSSR count). The SMILES string of the molecule is CCc1noc(C)c1C(=O)N1CCC(C(=O)O)CC1. The second kappa shape index (κ2) is 5.42. The maximum atomic E-state index is 12.4. The summed E-state index contributed by atoms with van der Waals surface area (Å²) < 4.78 is 5.07. The molecule has 1 saturated heterocycles. The summed E-state index contributed by atoms with van der Waals surface area (Å²) in [6.45, 7) is 4.60. The van der Waals surface area contributed by atoms with E-state index in [9.17, 15) is 9.59 Å². The number of hydrogen-bond donors (Lipinski definition) is 1. The molecule has 1 aliphatic heterocycles. The molecule has 1 N–H and O–H groups in total. The second-order valence-corrected chi connectivity index (χ2v) is 4.82. The number of likely N-dealkylation sites (tertiary alicyclic amines) is 1. The topological polar surface area (TPSA) is 83.6 Å². The molecule has 1 amide bonds. The molecule has 0 aliphatic carbocycles. The van der Waals surface area contributed by atoms with Crippen molar-refractivity contribution in [2.24, 2.45) is 5.92 Å². The fourth-order valence-electron chi connectivity index (χ4n) is 2.42. The smallest absolute Gasteiger partial charge is 0.306 e. The number of aryl methyl sites for hydroxylation is 2. The van der Waals surface area contributed by atoms with Crippen molar-refractivity contribution in [1.82, 2.24) is 10.1 Å². The summed E-state index contributed by atoms with van der Waals surface area (Å²) in [6, 6.07) is 0. The molecule has 1 aromatic heterocycles. The number of carbonyl (C=O) groups excluding carboxylic acids is 1. The van der Waals surface area contributed by atoms with Crippen LogP contribution in [0.25, 0.3) is 0 Å². The highest BCUT2D eigenvalue weighted by Gasteiger charge is 2.30. The fourth-order valence-corrected chi connectivity index (χ4v) is 2.42. The third kappa shape index (κ3) is 2.62. The molecule has 0 aromatic carbocycles. The predicted molar refractivity (Wildman–Crippen MR) is 66.9 cm³/mol. The molecular formula is C13H18N2O4. The zero-order chi connectivity index (χ0) is 14.0. The van der Waals surface area contributed by atoms with Crippen molar-refractivity contribution in [3.63, 3.8) is 0 Å². The van der Waals surface area contributed by atoms with E-state index < -0.39 is 5.97 Å². The van der Waals surface area contributed by atoms with Gasteiger partial charge in [-0.2, -0.15) is 0 Å². The van der Waals surface area contributed by atoms with Crippen LogP contribution < -0.4 is 0 Å². The van der Waals surface area contributed by atoms with Crippen LogP contribution in [0.4, 0.5) is 0 Å². The zero-order valence-electron chi connectivity index (χ0n) is 11.2. The van der Waals surface area contributed by atoms with Gasteiger partial charge in [0, 0.05) is 13.1 Å². The fraction of sp³-hybridized carbons (Fsp3) is 0.615. The lowest BCUT2D eigenvalue weighted by atomic mass is 9.96. The Morgan fingerprint density at radius 1 is 1.42 bits per heavy atom. The third-order valence-corrected chi connectivity index (χ3v) is 3.61. The van der Waals surface area contributed by atoms with Gasteiger partial charge < -0.3 is 14.5 Å². The number of carboxylic acids is 1. The molecule has 6 heteroatoms. The first-order valence-corrected chi connectivity index (χ1v) is 6.51. The van der Waals surface area contributed by atoms with E-state index in [2.05, 4.69) is 5.16 Å². The van der Waals surface area contributed by atoms with Crippen molar-refractivity contribution in [2.75, 3.05) is 13.1 Å². The Morgan fingerprint density at radius 2 is 2.05 bits per heavy atom. The Morgan fingerprint density at radius 3 is 2.58 bits per heavy atom. The van der Waals surface area contributed by atoms with Crippen LogP contribution in [0.5, 0.6) is 0 Å². The van der Waals surface area contributed by atoms with Crippen LogP contribution >= 0.6 is 0 Å². The molecular weight excluding hydrogens is 248 g/mol. The molecule has 1 aromatic rings. The van der Waals surface area contributed by atoms with Gasteiger partial charge in [0.15, 0.2) is 0 Å². The maximum absolute atomic E-state index is 12.4. The molecule has 104 valence electrons. The minimum atomic E-state index is -0.775. The number of carboxylic acid groups (broad SMARTS) is 1. The largest absolute Gasteiger partial charge is 0.481 e. The predicted octanol–water partition coefficient (Wildman–Crippen LogP) is 1.48. The highest BCUT2D eigenvalue weighted by Crippen LogP contribution is 2.22. The van der Waals surface area contributed by atoms with E-state index in [1.165, 1.54) is 0 Å². The van der Waals surface area contributed by atoms with Gasteiger partial charge in [-0.05, 0) is 26.2 Å². The first kappa shape index (κ1) is 13.6. The molecule has 1 fully saturated rings. The van der Waals surface area contributed by atoms with E-state index in [4.69, 9.17) is 9.63 Å². The standard InChI is InChI=1S/C13H18N2O4/c1-3-10-11(8(2)19-14-10)12(16)15-6-4-9(5-7-15)13(17)18/h9H,3-7H2,1-2H3,(H,17,18). The van der Waals surface area contributed by atoms with Gasteiger partial charge in [0.25, 0.3) is 5.91 Å². The van der Waals surface area contributed by atoms with Gasteiger partial charge >= 0.3 is 5.97 Å². The van der Waals surface area contributed by atoms with Crippen molar-refractivity contribution < 1.29 is 19.2 Å². The second-order valence-electron chi connectivity index (χ2n) is 4.82. The summed E-state index contributed by atoms with van der Waals surface area (Å²) in [5.41, 5.74) is 1.21. The maximum Gasteiger partial charge on any atom is 0.306 e. The van der Waals surface area contributed by atoms with Crippen molar-refractivity contribution in [3.05, 3.63) is 17.0 Å². The zero-order valence-corrected chi connectivity index (χ0v) is 11.2. The van der Waals surface area contributed by atoms with Crippen LogP contribution in [0, 0.1) is 12.8 Å². The molecule has 6 nitrogen and oxygen atoms in total. The summed E-state index contributed by atoms with van der Waals surface area (Å²) in [5.74, 6) is -0.678. The highest BCUT2D eigenvalue weighted by molar-refractivity contribution is 5.96. The van der Waals surface area contributed by atoms with Crippen LogP contribution in [-0.4, -0.2) is 40.1 Å². The molecule has 0 radical (unpaired) electrons. The van der Waals surface area contributed by atoms with Gasteiger partial charge in [-0.25, -0.2) is 0 Å². The summed E-state index contributed by atoms with van der Waals surface area (Å²) in [6.07, 6.45) is 1.66. The number of amides is 1. The van der Waals surface area contributed by atoms with Crippen LogP contribution in [0.1, 0.15) is 41.6 Å². The minimum absolute atomic E-state index is 0.0977. The van der Waals surface area contributed by atoms with Gasteiger partial charge in [-0.3, -0.25) is 9.59 Å². The van der Waals surface area contributed by atoms with Crippen LogP contribution in [-0.2, 0) is 11.2 Å². The molecule has 0 spiro atoms. The Hall–Kier alpha value is -1.85. The van der Waals surface area contributed by atoms with E-state index in [0.29, 0.717) is 49.4 Å². The van der Waals surface area contributed by atoms with Gasteiger partial charge in [-0.15, -0.1) is 0 Å². The van der Waals surface area contributed by atoms with E-state index >= 15 is 0 Å². The average Bonchev–Trinajstić information content (AvgIpc) is 2.79. The highest BCUT2D eigenvalue weighted by atomic mass is 16.5. The summed E-state index contributed by atoms with van der Waals surface area (Å²) in [4.78, 5) is 25.0. The third-order valence-electron chi connectivity index (χ3n) is 3.61. The number of rotatable bonds is 3. The molecule has 0 atom stereocenters. The average molecular weight is 266 g/mol. The number of nitrogens with zero attached hydrogens (tertiary/aromatic N) is 2. The number of hydrogen-bond acceptors (Lipinski definition) is 4. The normalized spacial score (nSPS) is 16.6. The van der Waals surface area contributed by atoms with E-state index in [-0.39, 0.29) is 11.8 Å². The van der Waals surface area contributed by atoms with E-state index in [0.717, 1.165) is 0 Å². The number of aromatic nitrogens is 1. The molecule has 2 heterocycles. The number of aliphatic carboxylic acids is 1. The lowest BCUT2D eigenvalue weighted by molar-refractivity contribution is -0.143. The van der Waals surface area contributed by atoms with Crippen LogP contribution in [0.3, 0.4) is 0 Å². The Kier molecular flexibility index (Phi) is 3.87. The monoisotopic (exact) mass is 266 g/mol. The Bertz CT molecular complexity index is 487. The van der Waals surface area contributed by atoms with Gasteiger partial charge in [0.1, 0.15) is 11.3 Å². The summed E-state index contributed by atoms with van der Waals surface area (Å²) in [5, 5.41) is 12.8. The van der Waals surface area contributed by atoms with Crippen molar-refractivity contribution in [3.8, 4) is 0 Å². The van der Waals surface area contributed by atoms with Crippen molar-refractivity contribution in [2.45, 2.75) is 33.1 Å². The van der Waals surface area contributed by atoms with Crippen LogP contribution in [0.2, 0.25) is 0 Å². The van der Waals surface area contributed by atoms with Crippen molar-refractivity contribution in [1.29, 1.82) is 0 Å². The van der Waals surface area contributed by atoms with E-state index in [1.807, 2.05) is 6.92 Å².